The van der Waals surface area contributed by atoms with E-state index in [0.717, 1.165) is 33.4 Å². The highest BCUT2D eigenvalue weighted by Crippen LogP contribution is 2.21. The van der Waals surface area contributed by atoms with E-state index in [9.17, 15) is 13.6 Å². The lowest BCUT2D eigenvalue weighted by Crippen LogP contribution is -2.25. The van der Waals surface area contributed by atoms with Gasteiger partial charge in [0.1, 0.15) is 11.6 Å². The summed E-state index contributed by atoms with van der Waals surface area (Å²) in [4.78, 5) is 16.3. The number of para-hydroxylation sites is 1. The van der Waals surface area contributed by atoms with Crippen LogP contribution in [0.5, 0.6) is 0 Å². The monoisotopic (exact) mass is 346 g/mol. The molecule has 0 aliphatic rings. The Morgan fingerprint density at radius 1 is 1.12 bits per heavy atom. The lowest BCUT2D eigenvalue weighted by Gasteiger charge is -2.05. The van der Waals surface area contributed by atoms with Crippen LogP contribution < -0.4 is 5.32 Å². The van der Waals surface area contributed by atoms with Gasteiger partial charge in [0.05, 0.1) is 15.2 Å². The molecular weight excluding hydrogens is 330 g/mol. The second-order valence-electron chi connectivity index (χ2n) is 5.41. The maximum atomic E-state index is 13.5. The summed E-state index contributed by atoms with van der Waals surface area (Å²) in [7, 11) is 0. The lowest BCUT2D eigenvalue weighted by molar-refractivity contribution is -0.121. The predicted octanol–water partition coefficient (Wildman–Crippen LogP) is 3.87. The molecule has 24 heavy (non-hydrogen) atoms. The second-order valence-corrected chi connectivity index (χ2v) is 6.53. The average molecular weight is 346 g/mol. The Labute approximate surface area is 142 Å². The van der Waals surface area contributed by atoms with Crippen LogP contribution in [0.25, 0.3) is 10.2 Å². The van der Waals surface area contributed by atoms with E-state index in [4.69, 9.17) is 0 Å². The van der Waals surface area contributed by atoms with Crippen molar-refractivity contribution in [2.75, 3.05) is 6.54 Å². The summed E-state index contributed by atoms with van der Waals surface area (Å²) in [5.74, 6) is -1.17. The van der Waals surface area contributed by atoms with Crippen LogP contribution in [0, 0.1) is 11.6 Å². The highest BCUT2D eigenvalue weighted by molar-refractivity contribution is 7.18. The molecule has 0 aliphatic carbocycles. The summed E-state index contributed by atoms with van der Waals surface area (Å²) < 4.78 is 27.7. The van der Waals surface area contributed by atoms with Gasteiger partial charge in [-0.2, -0.15) is 0 Å². The summed E-state index contributed by atoms with van der Waals surface area (Å²) in [6.07, 6.45) is 0.955. The summed E-state index contributed by atoms with van der Waals surface area (Å²) in [6, 6.07) is 11.2. The number of benzene rings is 2. The SMILES string of the molecule is O=C(CCc1cc(F)ccc1F)NCCc1nc2ccccc2s1. The smallest absolute Gasteiger partial charge is 0.220 e. The molecule has 0 fully saturated rings. The number of rotatable bonds is 6. The van der Waals surface area contributed by atoms with E-state index < -0.39 is 11.6 Å². The Morgan fingerprint density at radius 3 is 2.79 bits per heavy atom. The average Bonchev–Trinajstić information content (AvgIpc) is 2.98. The number of amides is 1. The number of carbonyl (C=O) groups is 1. The first-order chi connectivity index (χ1) is 11.6. The molecule has 1 heterocycles. The van der Waals surface area contributed by atoms with Crippen molar-refractivity contribution in [3.63, 3.8) is 0 Å². The molecule has 1 N–H and O–H groups in total. The van der Waals surface area contributed by atoms with Crippen LogP contribution in [0.2, 0.25) is 0 Å². The normalized spacial score (nSPS) is 10.9. The predicted molar refractivity (Wildman–Crippen MR) is 91.0 cm³/mol. The third-order valence-corrected chi connectivity index (χ3v) is 4.72. The maximum Gasteiger partial charge on any atom is 0.220 e. The molecule has 0 aliphatic heterocycles. The molecular formula is C18H16F2N2OS. The molecule has 3 nitrogen and oxygen atoms in total. The Balaban J connectivity index is 1.46. The van der Waals surface area contributed by atoms with Gasteiger partial charge in [0.2, 0.25) is 5.91 Å². The number of aryl methyl sites for hydroxylation is 1. The zero-order valence-corrected chi connectivity index (χ0v) is 13.7. The Kier molecular flexibility index (Phi) is 5.15. The molecule has 0 spiro atoms. The van der Waals surface area contributed by atoms with Crippen LogP contribution in [0.1, 0.15) is 17.0 Å². The minimum Gasteiger partial charge on any atom is -0.356 e. The van der Waals surface area contributed by atoms with Gasteiger partial charge in [-0.3, -0.25) is 4.79 Å². The number of halogens is 2. The fourth-order valence-corrected chi connectivity index (χ4v) is 3.37. The lowest BCUT2D eigenvalue weighted by atomic mass is 10.1. The molecule has 1 aromatic heterocycles. The number of nitrogens with zero attached hydrogens (tertiary/aromatic N) is 1. The molecule has 1 amide bonds. The first-order valence-corrected chi connectivity index (χ1v) is 8.48. The minimum absolute atomic E-state index is 0.125. The molecule has 0 unspecified atom stereocenters. The van der Waals surface area contributed by atoms with E-state index in [-0.39, 0.29) is 24.3 Å². The third kappa shape index (κ3) is 4.14. The summed E-state index contributed by atoms with van der Waals surface area (Å²) in [6.45, 7) is 0.476. The number of fused-ring (bicyclic) bond motifs is 1. The fourth-order valence-electron chi connectivity index (χ4n) is 2.41. The van der Waals surface area contributed by atoms with Gasteiger partial charge in [-0.1, -0.05) is 12.1 Å². The van der Waals surface area contributed by atoms with Crippen molar-refractivity contribution < 1.29 is 13.6 Å². The van der Waals surface area contributed by atoms with Gasteiger partial charge in [0.15, 0.2) is 0 Å². The van der Waals surface area contributed by atoms with E-state index >= 15 is 0 Å². The largest absolute Gasteiger partial charge is 0.356 e. The molecule has 2 aromatic carbocycles. The topological polar surface area (TPSA) is 42.0 Å². The van der Waals surface area contributed by atoms with Gasteiger partial charge in [-0.25, -0.2) is 13.8 Å². The number of nitrogens with one attached hydrogen (secondary N) is 1. The maximum absolute atomic E-state index is 13.5. The van der Waals surface area contributed by atoms with Crippen LogP contribution in [-0.4, -0.2) is 17.4 Å². The molecule has 0 atom stereocenters. The van der Waals surface area contributed by atoms with Crippen molar-refractivity contribution in [3.05, 3.63) is 64.7 Å². The van der Waals surface area contributed by atoms with Gasteiger partial charge in [-0.15, -0.1) is 11.3 Å². The minimum atomic E-state index is -0.498. The quantitative estimate of drug-likeness (QED) is 0.736. The summed E-state index contributed by atoms with van der Waals surface area (Å²) in [5, 5.41) is 3.76. The zero-order chi connectivity index (χ0) is 16.9. The summed E-state index contributed by atoms with van der Waals surface area (Å²) >= 11 is 1.61. The Morgan fingerprint density at radius 2 is 1.96 bits per heavy atom. The molecule has 3 rings (SSSR count). The van der Waals surface area contributed by atoms with Gasteiger partial charge < -0.3 is 5.32 Å². The number of carbonyl (C=O) groups excluding carboxylic acids is 1. The molecule has 0 bridgehead atoms. The molecule has 6 heteroatoms. The Hall–Kier alpha value is -2.34. The summed E-state index contributed by atoms with van der Waals surface area (Å²) in [5.41, 5.74) is 1.18. The van der Waals surface area contributed by atoms with Crippen molar-refractivity contribution in [2.24, 2.45) is 0 Å². The highest BCUT2D eigenvalue weighted by atomic mass is 32.1. The number of aromatic nitrogens is 1. The Bertz CT molecular complexity index is 830. The molecule has 0 saturated heterocycles. The van der Waals surface area contributed by atoms with Gasteiger partial charge in [0, 0.05) is 19.4 Å². The first-order valence-electron chi connectivity index (χ1n) is 7.67. The van der Waals surface area contributed by atoms with Crippen LogP contribution in [-0.2, 0) is 17.6 Å². The van der Waals surface area contributed by atoms with Crippen molar-refractivity contribution >= 4 is 27.5 Å². The first kappa shape index (κ1) is 16.5. The highest BCUT2D eigenvalue weighted by Gasteiger charge is 2.08. The fraction of sp³-hybridized carbons (Fsp3) is 0.222. The van der Waals surface area contributed by atoms with E-state index in [1.165, 1.54) is 0 Å². The molecule has 3 aromatic rings. The van der Waals surface area contributed by atoms with Crippen molar-refractivity contribution in [1.82, 2.24) is 10.3 Å². The van der Waals surface area contributed by atoms with Gasteiger partial charge >= 0.3 is 0 Å². The van der Waals surface area contributed by atoms with Crippen LogP contribution >= 0.6 is 11.3 Å². The number of hydrogen-bond acceptors (Lipinski definition) is 3. The number of hydrogen-bond donors (Lipinski definition) is 1. The third-order valence-electron chi connectivity index (χ3n) is 3.63. The van der Waals surface area contributed by atoms with Crippen molar-refractivity contribution in [1.29, 1.82) is 0 Å². The molecule has 0 radical (unpaired) electrons. The zero-order valence-electron chi connectivity index (χ0n) is 12.9. The standard InChI is InChI=1S/C18H16F2N2OS/c19-13-6-7-14(20)12(11-13)5-8-17(23)21-10-9-18-22-15-3-1-2-4-16(15)24-18/h1-4,6-7,11H,5,8-10H2,(H,21,23). The van der Waals surface area contributed by atoms with Gasteiger partial charge in [0.25, 0.3) is 0 Å². The molecule has 0 saturated carbocycles. The van der Waals surface area contributed by atoms with E-state index in [1.807, 2.05) is 24.3 Å². The van der Waals surface area contributed by atoms with E-state index in [2.05, 4.69) is 10.3 Å². The van der Waals surface area contributed by atoms with Crippen LogP contribution in [0.15, 0.2) is 42.5 Å². The van der Waals surface area contributed by atoms with E-state index in [0.29, 0.717) is 13.0 Å². The second kappa shape index (κ2) is 7.49. The number of thiazole rings is 1. The van der Waals surface area contributed by atoms with Crippen LogP contribution in [0.4, 0.5) is 8.78 Å². The van der Waals surface area contributed by atoms with Gasteiger partial charge in [-0.05, 0) is 42.3 Å². The van der Waals surface area contributed by atoms with E-state index in [1.54, 1.807) is 11.3 Å². The van der Waals surface area contributed by atoms with Crippen molar-refractivity contribution in [2.45, 2.75) is 19.3 Å². The van der Waals surface area contributed by atoms with Crippen LogP contribution in [0.3, 0.4) is 0 Å². The molecule has 124 valence electrons. The van der Waals surface area contributed by atoms with Crippen molar-refractivity contribution in [3.8, 4) is 0 Å².